The fourth-order valence-electron chi connectivity index (χ4n) is 2.99. The van der Waals surface area contributed by atoms with Gasteiger partial charge >= 0.3 is 5.97 Å². The number of nitrogens with one attached hydrogen (secondary N) is 1. The molecule has 1 saturated carbocycles. The Morgan fingerprint density at radius 3 is 2.17 bits per heavy atom. The number of hydrogen-bond acceptors (Lipinski definition) is 3. The molecule has 2 rings (SSSR count). The van der Waals surface area contributed by atoms with Gasteiger partial charge in [0.25, 0.3) is 5.91 Å². The van der Waals surface area contributed by atoms with Crippen LogP contribution in [0.3, 0.4) is 0 Å². The number of rotatable bonds is 5. The summed E-state index contributed by atoms with van der Waals surface area (Å²) in [4.78, 5) is 23.9. The number of amides is 1. The quantitative estimate of drug-likeness (QED) is 0.873. The molecule has 1 amide bonds. The molecule has 2 N–H and O–H groups in total. The minimum atomic E-state index is -0.959. The maximum atomic E-state index is 12.6. The van der Waals surface area contributed by atoms with E-state index >= 15 is 0 Å². The van der Waals surface area contributed by atoms with Crippen LogP contribution in [0.25, 0.3) is 0 Å². The van der Waals surface area contributed by atoms with E-state index in [1.807, 2.05) is 0 Å². The first-order chi connectivity index (χ1) is 10.8. The zero-order chi connectivity index (χ0) is 17.1. The second-order valence-electron chi connectivity index (χ2n) is 6.72. The van der Waals surface area contributed by atoms with Crippen LogP contribution in [0.2, 0.25) is 0 Å². The molecule has 0 unspecified atom stereocenters. The molecule has 1 aliphatic carbocycles. The van der Waals surface area contributed by atoms with Crippen molar-refractivity contribution in [2.24, 2.45) is 0 Å². The van der Waals surface area contributed by atoms with Crippen LogP contribution in [0.1, 0.15) is 51.5 Å². The Morgan fingerprint density at radius 2 is 1.70 bits per heavy atom. The SMILES string of the molecule is COC1(C(=O)Nc2ccc(C(C)(C)C(=O)O)cc2)CCCCC1. The summed E-state index contributed by atoms with van der Waals surface area (Å²) in [6, 6.07) is 6.96. The predicted octanol–water partition coefficient (Wildman–Crippen LogP) is 3.34. The molecule has 1 aromatic rings. The predicted molar refractivity (Wildman–Crippen MR) is 88.6 cm³/mol. The van der Waals surface area contributed by atoms with E-state index in [9.17, 15) is 14.7 Å². The molecule has 1 aromatic carbocycles. The van der Waals surface area contributed by atoms with E-state index in [2.05, 4.69) is 5.32 Å². The zero-order valence-electron chi connectivity index (χ0n) is 14.0. The van der Waals surface area contributed by atoms with Crippen molar-refractivity contribution < 1.29 is 19.4 Å². The van der Waals surface area contributed by atoms with Crippen LogP contribution in [0.5, 0.6) is 0 Å². The smallest absolute Gasteiger partial charge is 0.313 e. The van der Waals surface area contributed by atoms with Gasteiger partial charge in [-0.2, -0.15) is 0 Å². The summed E-state index contributed by atoms with van der Waals surface area (Å²) < 4.78 is 5.53. The van der Waals surface area contributed by atoms with Gasteiger partial charge in [-0.15, -0.1) is 0 Å². The largest absolute Gasteiger partial charge is 0.481 e. The van der Waals surface area contributed by atoms with Crippen LogP contribution in [-0.2, 0) is 19.7 Å². The average Bonchev–Trinajstić information content (AvgIpc) is 2.55. The Balaban J connectivity index is 2.11. The molecule has 5 heteroatoms. The van der Waals surface area contributed by atoms with Gasteiger partial charge in [-0.3, -0.25) is 9.59 Å². The minimum absolute atomic E-state index is 0.120. The molecular formula is C18H25NO4. The number of aliphatic carboxylic acids is 1. The van der Waals surface area contributed by atoms with Crippen LogP contribution < -0.4 is 5.32 Å². The van der Waals surface area contributed by atoms with E-state index in [0.717, 1.165) is 32.1 Å². The maximum Gasteiger partial charge on any atom is 0.313 e. The summed E-state index contributed by atoms with van der Waals surface area (Å²) in [6.45, 7) is 3.32. The highest BCUT2D eigenvalue weighted by atomic mass is 16.5. The highest BCUT2D eigenvalue weighted by Gasteiger charge is 2.39. The topological polar surface area (TPSA) is 75.6 Å². The van der Waals surface area contributed by atoms with Crippen molar-refractivity contribution >= 4 is 17.6 Å². The molecule has 0 radical (unpaired) electrons. The van der Waals surface area contributed by atoms with Crippen molar-refractivity contribution in [3.63, 3.8) is 0 Å². The number of anilines is 1. The molecule has 23 heavy (non-hydrogen) atoms. The Kier molecular flexibility index (Phi) is 5.09. The highest BCUT2D eigenvalue weighted by molar-refractivity contribution is 5.97. The maximum absolute atomic E-state index is 12.6. The number of methoxy groups -OCH3 is 1. The number of carboxylic acids is 1. The van der Waals surface area contributed by atoms with Gasteiger partial charge in [0.15, 0.2) is 0 Å². The molecule has 0 atom stereocenters. The monoisotopic (exact) mass is 319 g/mol. The van der Waals surface area contributed by atoms with Gasteiger partial charge in [-0.05, 0) is 44.4 Å². The Hall–Kier alpha value is -1.88. The zero-order valence-corrected chi connectivity index (χ0v) is 14.0. The standard InChI is InChI=1S/C18H25NO4/c1-17(2,16(21)22)13-7-9-14(10-8-13)19-15(20)18(23-3)11-5-4-6-12-18/h7-10H,4-6,11-12H2,1-3H3,(H,19,20)(H,21,22). The Bertz CT molecular complexity index is 571. The first-order valence-electron chi connectivity index (χ1n) is 8.02. The number of carbonyl (C=O) groups is 2. The van der Waals surface area contributed by atoms with Gasteiger partial charge in [0.05, 0.1) is 5.41 Å². The highest BCUT2D eigenvalue weighted by Crippen LogP contribution is 2.32. The lowest BCUT2D eigenvalue weighted by Gasteiger charge is -2.34. The van der Waals surface area contributed by atoms with Crippen molar-refractivity contribution in [3.8, 4) is 0 Å². The van der Waals surface area contributed by atoms with Gasteiger partial charge in [0.1, 0.15) is 5.60 Å². The molecule has 1 fully saturated rings. The normalized spacial score (nSPS) is 17.5. The van der Waals surface area contributed by atoms with Gasteiger partial charge < -0.3 is 15.2 Å². The molecule has 1 aliphatic rings. The molecule has 126 valence electrons. The van der Waals surface area contributed by atoms with Crippen LogP contribution in [0.4, 0.5) is 5.69 Å². The van der Waals surface area contributed by atoms with E-state index in [4.69, 9.17) is 4.74 Å². The fraction of sp³-hybridized carbons (Fsp3) is 0.556. The lowest BCUT2D eigenvalue weighted by Crippen LogP contribution is -2.46. The second kappa shape index (κ2) is 6.71. The molecule has 0 bridgehead atoms. The Labute approximate surface area is 137 Å². The fourth-order valence-corrected chi connectivity index (χ4v) is 2.99. The van der Waals surface area contributed by atoms with Gasteiger partial charge in [0, 0.05) is 12.8 Å². The third kappa shape index (κ3) is 3.55. The van der Waals surface area contributed by atoms with Crippen molar-refractivity contribution in [1.29, 1.82) is 0 Å². The van der Waals surface area contributed by atoms with E-state index < -0.39 is 17.0 Å². The molecule has 0 aromatic heterocycles. The van der Waals surface area contributed by atoms with Crippen LogP contribution >= 0.6 is 0 Å². The second-order valence-corrected chi connectivity index (χ2v) is 6.72. The summed E-state index contributed by atoms with van der Waals surface area (Å²) in [7, 11) is 1.59. The Morgan fingerprint density at radius 1 is 1.13 bits per heavy atom. The number of benzene rings is 1. The van der Waals surface area contributed by atoms with E-state index in [-0.39, 0.29) is 5.91 Å². The first kappa shape index (κ1) is 17.5. The van der Waals surface area contributed by atoms with E-state index in [1.54, 1.807) is 45.2 Å². The van der Waals surface area contributed by atoms with Gasteiger partial charge in [-0.1, -0.05) is 31.4 Å². The van der Waals surface area contributed by atoms with E-state index in [1.165, 1.54) is 0 Å². The van der Waals surface area contributed by atoms with Crippen LogP contribution in [0.15, 0.2) is 24.3 Å². The number of hydrogen-bond donors (Lipinski definition) is 2. The van der Waals surface area contributed by atoms with Crippen molar-refractivity contribution in [1.82, 2.24) is 0 Å². The van der Waals surface area contributed by atoms with E-state index in [0.29, 0.717) is 11.3 Å². The third-order valence-corrected chi connectivity index (χ3v) is 4.86. The number of carboxylic acid groups (broad SMARTS) is 1. The van der Waals surface area contributed by atoms with Gasteiger partial charge in [0.2, 0.25) is 0 Å². The third-order valence-electron chi connectivity index (χ3n) is 4.86. The lowest BCUT2D eigenvalue weighted by atomic mass is 9.83. The van der Waals surface area contributed by atoms with Crippen molar-refractivity contribution in [2.45, 2.75) is 57.0 Å². The average molecular weight is 319 g/mol. The summed E-state index contributed by atoms with van der Waals surface area (Å²) in [5.41, 5.74) is -0.347. The molecule has 5 nitrogen and oxygen atoms in total. The number of ether oxygens (including phenoxy) is 1. The molecule has 0 saturated heterocycles. The summed E-state index contributed by atoms with van der Waals surface area (Å²) in [5, 5.41) is 12.2. The first-order valence-corrected chi connectivity index (χ1v) is 8.02. The summed E-state index contributed by atoms with van der Waals surface area (Å²) in [5.74, 6) is -1.00. The minimum Gasteiger partial charge on any atom is -0.481 e. The van der Waals surface area contributed by atoms with Crippen molar-refractivity contribution in [2.75, 3.05) is 12.4 Å². The molecule has 0 heterocycles. The van der Waals surface area contributed by atoms with Crippen molar-refractivity contribution in [3.05, 3.63) is 29.8 Å². The number of carbonyl (C=O) groups excluding carboxylic acids is 1. The summed E-state index contributed by atoms with van der Waals surface area (Å²) >= 11 is 0. The van der Waals surface area contributed by atoms with Crippen LogP contribution in [0, 0.1) is 0 Å². The van der Waals surface area contributed by atoms with Gasteiger partial charge in [-0.25, -0.2) is 0 Å². The summed E-state index contributed by atoms with van der Waals surface area (Å²) in [6.07, 6.45) is 4.59. The van der Waals surface area contributed by atoms with Crippen LogP contribution in [-0.4, -0.2) is 29.7 Å². The molecule has 0 spiro atoms. The molecule has 0 aliphatic heterocycles. The lowest BCUT2D eigenvalue weighted by molar-refractivity contribution is -0.142. The molecular weight excluding hydrogens is 294 g/mol.